The molecule has 2 rings (SSSR count). The van der Waals surface area contributed by atoms with Gasteiger partial charge in [0.2, 0.25) is 0 Å². The second kappa shape index (κ2) is 6.01. The van der Waals surface area contributed by atoms with Gasteiger partial charge in [0, 0.05) is 10.5 Å². The molecule has 1 N–H and O–H groups in total. The first-order valence-corrected chi connectivity index (χ1v) is 6.70. The first-order chi connectivity index (χ1) is 9.90. The van der Waals surface area contributed by atoms with Crippen LogP contribution in [0.15, 0.2) is 40.9 Å². The van der Waals surface area contributed by atoms with Gasteiger partial charge in [0.15, 0.2) is 0 Å². The molecule has 0 bridgehead atoms. The maximum atomic E-state index is 13.7. The highest BCUT2D eigenvalue weighted by Crippen LogP contribution is 2.27. The molecule has 2 aromatic carbocycles. The minimum atomic E-state index is -0.756. The normalized spacial score (nSPS) is 10.2. The van der Waals surface area contributed by atoms with Crippen LogP contribution in [0.5, 0.6) is 0 Å². The van der Waals surface area contributed by atoms with Crippen molar-refractivity contribution >= 4 is 33.2 Å². The zero-order valence-electron chi connectivity index (χ0n) is 10.9. The van der Waals surface area contributed by atoms with E-state index in [1.54, 1.807) is 13.0 Å². The molecule has 1 amide bonds. The number of anilines is 1. The number of hydrogen-bond acceptors (Lipinski definition) is 3. The van der Waals surface area contributed by atoms with Crippen LogP contribution in [0.3, 0.4) is 0 Å². The summed E-state index contributed by atoms with van der Waals surface area (Å²) < 4.78 is 14.0. The number of aryl methyl sites for hydroxylation is 1. The molecule has 0 unspecified atom stereocenters. The number of hydrogen-bond donors (Lipinski definition) is 1. The van der Waals surface area contributed by atoms with E-state index in [1.807, 2.05) is 0 Å². The minimum absolute atomic E-state index is 0.0279. The number of amides is 1. The molecule has 0 saturated heterocycles. The summed E-state index contributed by atoms with van der Waals surface area (Å²) >= 11 is 3.09. The van der Waals surface area contributed by atoms with E-state index in [0.29, 0.717) is 0 Å². The number of nitro benzene ring substituents is 1. The number of carbonyl (C=O) groups is 1. The van der Waals surface area contributed by atoms with Crippen LogP contribution in [-0.4, -0.2) is 10.8 Å². The molecule has 2 aromatic rings. The van der Waals surface area contributed by atoms with Crippen LogP contribution in [0.4, 0.5) is 15.8 Å². The van der Waals surface area contributed by atoms with Crippen molar-refractivity contribution in [1.29, 1.82) is 0 Å². The van der Waals surface area contributed by atoms with E-state index in [1.165, 1.54) is 24.3 Å². The van der Waals surface area contributed by atoms with Crippen LogP contribution in [0.1, 0.15) is 15.9 Å². The van der Waals surface area contributed by atoms with Gasteiger partial charge in [0.1, 0.15) is 11.5 Å². The lowest BCUT2D eigenvalue weighted by Crippen LogP contribution is -2.15. The van der Waals surface area contributed by atoms with E-state index >= 15 is 0 Å². The zero-order valence-corrected chi connectivity index (χ0v) is 12.5. The third-order valence-electron chi connectivity index (χ3n) is 2.79. The SMILES string of the molecule is Cc1ccc([N+](=O)[O-])c(NC(=O)c2c(F)cccc2Br)c1. The number of nitro groups is 1. The second-order valence-corrected chi connectivity index (χ2v) is 5.18. The molecule has 5 nitrogen and oxygen atoms in total. The van der Waals surface area contributed by atoms with Gasteiger partial charge in [-0.1, -0.05) is 12.1 Å². The lowest BCUT2D eigenvalue weighted by atomic mass is 10.1. The molecule has 0 heterocycles. The molecule has 0 aliphatic carbocycles. The largest absolute Gasteiger partial charge is 0.316 e. The number of carbonyl (C=O) groups excluding carboxylic acids is 1. The predicted octanol–water partition coefficient (Wildman–Crippen LogP) is 4.06. The van der Waals surface area contributed by atoms with Gasteiger partial charge in [-0.3, -0.25) is 14.9 Å². The van der Waals surface area contributed by atoms with Crippen molar-refractivity contribution in [2.75, 3.05) is 5.32 Å². The lowest BCUT2D eigenvalue weighted by molar-refractivity contribution is -0.383. The summed E-state index contributed by atoms with van der Waals surface area (Å²) in [7, 11) is 0. The highest BCUT2D eigenvalue weighted by Gasteiger charge is 2.20. The second-order valence-electron chi connectivity index (χ2n) is 4.33. The molecule has 0 atom stereocenters. The quantitative estimate of drug-likeness (QED) is 0.668. The van der Waals surface area contributed by atoms with Crippen molar-refractivity contribution in [3.05, 3.63) is 67.9 Å². The highest BCUT2D eigenvalue weighted by atomic mass is 79.9. The Hall–Kier alpha value is -2.28. The van der Waals surface area contributed by atoms with Crippen LogP contribution >= 0.6 is 15.9 Å². The van der Waals surface area contributed by atoms with E-state index < -0.39 is 16.6 Å². The summed E-state index contributed by atoms with van der Waals surface area (Å²) in [4.78, 5) is 22.5. The molecule has 108 valence electrons. The fraction of sp³-hybridized carbons (Fsp3) is 0.0714. The van der Waals surface area contributed by atoms with E-state index in [0.717, 1.165) is 11.6 Å². The monoisotopic (exact) mass is 352 g/mol. The van der Waals surface area contributed by atoms with E-state index in [9.17, 15) is 19.3 Å². The maximum absolute atomic E-state index is 13.7. The van der Waals surface area contributed by atoms with Gasteiger partial charge in [-0.2, -0.15) is 0 Å². The summed E-state index contributed by atoms with van der Waals surface area (Å²) in [5.74, 6) is -1.47. The van der Waals surface area contributed by atoms with Crippen molar-refractivity contribution in [2.24, 2.45) is 0 Å². The molecular formula is C14H10BrFN2O3. The van der Waals surface area contributed by atoms with Gasteiger partial charge in [-0.15, -0.1) is 0 Å². The molecular weight excluding hydrogens is 343 g/mol. The molecule has 7 heteroatoms. The minimum Gasteiger partial charge on any atom is -0.316 e. The summed E-state index contributed by atoms with van der Waals surface area (Å²) in [6.45, 7) is 1.73. The van der Waals surface area contributed by atoms with Crippen molar-refractivity contribution in [1.82, 2.24) is 0 Å². The topological polar surface area (TPSA) is 72.2 Å². The van der Waals surface area contributed by atoms with Crippen LogP contribution in [-0.2, 0) is 0 Å². The van der Waals surface area contributed by atoms with E-state index in [2.05, 4.69) is 21.2 Å². The number of halogens is 2. The molecule has 0 spiro atoms. The third-order valence-corrected chi connectivity index (χ3v) is 3.45. The Morgan fingerprint density at radius 2 is 2.05 bits per heavy atom. The number of nitrogens with zero attached hydrogens (tertiary/aromatic N) is 1. The predicted molar refractivity (Wildman–Crippen MR) is 79.9 cm³/mol. The molecule has 0 aromatic heterocycles. The first-order valence-electron chi connectivity index (χ1n) is 5.90. The number of rotatable bonds is 3. The molecule has 0 saturated carbocycles. The van der Waals surface area contributed by atoms with Gasteiger partial charge in [0.25, 0.3) is 11.6 Å². The van der Waals surface area contributed by atoms with Crippen molar-refractivity contribution < 1.29 is 14.1 Å². The fourth-order valence-corrected chi connectivity index (χ4v) is 2.33. The average molecular weight is 353 g/mol. The van der Waals surface area contributed by atoms with Crippen LogP contribution in [0.25, 0.3) is 0 Å². The number of benzene rings is 2. The van der Waals surface area contributed by atoms with Crippen LogP contribution < -0.4 is 5.32 Å². The average Bonchev–Trinajstić information content (AvgIpc) is 2.38. The van der Waals surface area contributed by atoms with Crippen LogP contribution in [0, 0.1) is 22.9 Å². The van der Waals surface area contributed by atoms with Gasteiger partial charge in [-0.05, 0) is 46.6 Å². The van der Waals surface area contributed by atoms with Crippen molar-refractivity contribution in [3.63, 3.8) is 0 Å². The Balaban J connectivity index is 2.40. The summed E-state index contributed by atoms with van der Waals surface area (Å²) in [5, 5.41) is 13.3. The van der Waals surface area contributed by atoms with Gasteiger partial charge in [-0.25, -0.2) is 4.39 Å². The maximum Gasteiger partial charge on any atom is 0.292 e. The third kappa shape index (κ3) is 3.25. The zero-order chi connectivity index (χ0) is 15.6. The van der Waals surface area contributed by atoms with Crippen molar-refractivity contribution in [3.8, 4) is 0 Å². The summed E-state index contributed by atoms with van der Waals surface area (Å²) in [6.07, 6.45) is 0. The highest BCUT2D eigenvalue weighted by molar-refractivity contribution is 9.10. The Morgan fingerprint density at radius 1 is 1.33 bits per heavy atom. The van der Waals surface area contributed by atoms with Gasteiger partial charge in [0.05, 0.1) is 10.5 Å². The fourth-order valence-electron chi connectivity index (χ4n) is 1.81. The number of nitrogens with one attached hydrogen (secondary N) is 1. The Kier molecular flexibility index (Phi) is 4.32. The Morgan fingerprint density at radius 3 is 2.67 bits per heavy atom. The summed E-state index contributed by atoms with van der Waals surface area (Å²) in [5.41, 5.74) is 0.318. The molecule has 0 fully saturated rings. The van der Waals surface area contributed by atoms with Gasteiger partial charge >= 0.3 is 0 Å². The molecule has 21 heavy (non-hydrogen) atoms. The molecule has 0 aliphatic rings. The summed E-state index contributed by atoms with van der Waals surface area (Å²) in [6, 6.07) is 8.43. The lowest BCUT2D eigenvalue weighted by Gasteiger charge is -2.09. The standard InChI is InChI=1S/C14H10BrFN2O3/c1-8-5-6-12(18(20)21)11(7-8)17-14(19)13-9(15)3-2-4-10(13)16/h2-7H,1H3,(H,17,19). The molecule has 0 radical (unpaired) electrons. The smallest absolute Gasteiger partial charge is 0.292 e. The first kappa shape index (κ1) is 15.1. The van der Waals surface area contributed by atoms with Gasteiger partial charge < -0.3 is 5.32 Å². The van der Waals surface area contributed by atoms with Crippen LogP contribution in [0.2, 0.25) is 0 Å². The Labute approximate surface area is 128 Å². The molecule has 0 aliphatic heterocycles. The Bertz CT molecular complexity index is 714. The van der Waals surface area contributed by atoms with Crippen molar-refractivity contribution in [2.45, 2.75) is 6.92 Å². The van der Waals surface area contributed by atoms with E-state index in [4.69, 9.17) is 0 Å². The van der Waals surface area contributed by atoms with E-state index in [-0.39, 0.29) is 21.4 Å².